The molecule has 0 aliphatic carbocycles. The molecule has 2 heterocycles. The highest BCUT2D eigenvalue weighted by Crippen LogP contribution is 2.35. The quantitative estimate of drug-likeness (QED) is 0.817. The third-order valence-corrected chi connectivity index (χ3v) is 3.44. The average molecular weight is 318 g/mol. The fourth-order valence-corrected chi connectivity index (χ4v) is 2.45. The van der Waals surface area contributed by atoms with Crippen LogP contribution in [-0.2, 0) is 19.3 Å². The molecule has 1 aromatic heterocycles. The maximum absolute atomic E-state index is 13.1. The maximum Gasteiger partial charge on any atom is 0.433 e. The van der Waals surface area contributed by atoms with Gasteiger partial charge in [0.2, 0.25) is 0 Å². The molecule has 0 bridgehead atoms. The molecule has 8 heteroatoms. The molecule has 1 aromatic carbocycles. The Bertz CT molecular complexity index is 715. The van der Waals surface area contributed by atoms with Crippen LogP contribution in [0.25, 0.3) is 11.4 Å². The van der Waals surface area contributed by atoms with Gasteiger partial charge in [-0.2, -0.15) is 13.2 Å². The van der Waals surface area contributed by atoms with Crippen LogP contribution in [0.1, 0.15) is 17.0 Å². The Morgan fingerprint density at radius 3 is 2.57 bits per heavy atom. The van der Waals surface area contributed by atoms with Gasteiger partial charge in [-0.15, -0.1) is 0 Å². The number of hydrogen-bond acceptors (Lipinski definition) is 3. The molecule has 21 heavy (non-hydrogen) atoms. The van der Waals surface area contributed by atoms with Gasteiger partial charge in [0.05, 0.1) is 10.7 Å². The lowest BCUT2D eigenvalue weighted by atomic mass is 10.1. The summed E-state index contributed by atoms with van der Waals surface area (Å²) in [6.45, 7) is 0.300. The molecule has 1 aliphatic rings. The zero-order valence-corrected chi connectivity index (χ0v) is 11.2. The summed E-state index contributed by atoms with van der Waals surface area (Å²) < 4.78 is 52.3. The molecule has 110 valence electrons. The number of alkyl halides is 3. The lowest BCUT2D eigenvalue weighted by molar-refractivity contribution is -0.141. The first-order chi connectivity index (χ1) is 9.86. The van der Waals surface area contributed by atoms with Crippen LogP contribution in [-0.4, -0.2) is 9.97 Å². The first kappa shape index (κ1) is 14.2. The predicted octanol–water partition coefficient (Wildman–Crippen LogP) is 3.56. The molecule has 0 spiro atoms. The van der Waals surface area contributed by atoms with E-state index in [1.807, 2.05) is 0 Å². The molecule has 0 fully saturated rings. The largest absolute Gasteiger partial charge is 0.433 e. The van der Waals surface area contributed by atoms with Crippen molar-refractivity contribution >= 4 is 11.6 Å². The van der Waals surface area contributed by atoms with E-state index in [-0.39, 0.29) is 40.8 Å². The summed E-state index contributed by atoms with van der Waals surface area (Å²) in [6.07, 6.45) is -4.58. The second-order valence-electron chi connectivity index (χ2n) is 4.55. The Labute approximate surface area is 122 Å². The number of fused-ring (bicyclic) bond motifs is 1. The fraction of sp³-hybridized carbons (Fsp3) is 0.231. The smallest absolute Gasteiger partial charge is 0.307 e. The minimum Gasteiger partial charge on any atom is -0.307 e. The van der Waals surface area contributed by atoms with E-state index in [1.54, 1.807) is 0 Å². The van der Waals surface area contributed by atoms with Gasteiger partial charge in [0.1, 0.15) is 5.82 Å². The Morgan fingerprint density at radius 2 is 1.90 bits per heavy atom. The van der Waals surface area contributed by atoms with Crippen molar-refractivity contribution in [2.24, 2.45) is 0 Å². The Morgan fingerprint density at radius 1 is 1.14 bits per heavy atom. The molecule has 0 atom stereocenters. The summed E-state index contributed by atoms with van der Waals surface area (Å²) in [5.74, 6) is -0.739. The third-order valence-electron chi connectivity index (χ3n) is 3.13. The topological polar surface area (TPSA) is 37.8 Å². The van der Waals surface area contributed by atoms with Gasteiger partial charge in [-0.25, -0.2) is 14.4 Å². The van der Waals surface area contributed by atoms with Crippen LogP contribution in [0.4, 0.5) is 17.6 Å². The highest BCUT2D eigenvalue weighted by Gasteiger charge is 2.38. The Kier molecular flexibility index (Phi) is 3.33. The molecule has 1 N–H and O–H groups in total. The molecule has 0 unspecified atom stereocenters. The molecule has 2 aromatic rings. The number of hydrogen-bond donors (Lipinski definition) is 1. The number of nitrogens with zero attached hydrogens (tertiary/aromatic N) is 2. The Balaban J connectivity index is 2.20. The minimum atomic E-state index is -4.58. The zero-order chi connectivity index (χ0) is 15.2. The van der Waals surface area contributed by atoms with Crippen molar-refractivity contribution < 1.29 is 17.6 Å². The predicted molar refractivity (Wildman–Crippen MR) is 68.0 cm³/mol. The summed E-state index contributed by atoms with van der Waals surface area (Å²) >= 11 is 5.86. The second-order valence-corrected chi connectivity index (χ2v) is 4.95. The van der Waals surface area contributed by atoms with Crippen molar-refractivity contribution in [1.82, 2.24) is 15.3 Å². The Hall–Kier alpha value is -1.73. The second kappa shape index (κ2) is 4.92. The molecular weight excluding hydrogens is 310 g/mol. The van der Waals surface area contributed by atoms with Crippen LogP contribution in [0.2, 0.25) is 5.02 Å². The van der Waals surface area contributed by atoms with E-state index in [2.05, 4.69) is 15.3 Å². The monoisotopic (exact) mass is 317 g/mol. The van der Waals surface area contributed by atoms with E-state index in [4.69, 9.17) is 11.6 Å². The molecule has 0 saturated heterocycles. The van der Waals surface area contributed by atoms with Gasteiger partial charge >= 0.3 is 6.18 Å². The molecule has 0 saturated carbocycles. The molecule has 1 aliphatic heterocycles. The van der Waals surface area contributed by atoms with E-state index in [0.29, 0.717) is 0 Å². The minimum absolute atomic E-state index is 0.0333. The van der Waals surface area contributed by atoms with Gasteiger partial charge in [-0.3, -0.25) is 0 Å². The summed E-state index contributed by atoms with van der Waals surface area (Å²) in [5.41, 5.74) is -0.483. The van der Waals surface area contributed by atoms with Gasteiger partial charge in [-0.1, -0.05) is 11.6 Å². The van der Waals surface area contributed by atoms with E-state index in [9.17, 15) is 17.6 Å². The van der Waals surface area contributed by atoms with Crippen LogP contribution in [0.3, 0.4) is 0 Å². The summed E-state index contributed by atoms with van der Waals surface area (Å²) in [5, 5.41) is 2.77. The van der Waals surface area contributed by atoms with Crippen LogP contribution in [0.5, 0.6) is 0 Å². The molecule has 3 rings (SSSR count). The van der Waals surface area contributed by atoms with E-state index in [1.165, 1.54) is 6.07 Å². The average Bonchev–Trinajstić information content (AvgIpc) is 2.84. The molecular formula is C13H8ClF4N3. The maximum atomic E-state index is 13.1. The summed E-state index contributed by atoms with van der Waals surface area (Å²) in [4.78, 5) is 7.70. The van der Waals surface area contributed by atoms with E-state index in [0.717, 1.165) is 12.1 Å². The third kappa shape index (κ3) is 2.58. The molecule has 3 nitrogen and oxygen atoms in total. The van der Waals surface area contributed by atoms with Crippen molar-refractivity contribution in [3.05, 3.63) is 46.0 Å². The lowest BCUT2D eigenvalue weighted by Crippen LogP contribution is -2.14. The van der Waals surface area contributed by atoms with Crippen LogP contribution >= 0.6 is 11.6 Å². The van der Waals surface area contributed by atoms with Crippen molar-refractivity contribution in [1.29, 1.82) is 0 Å². The summed E-state index contributed by atoms with van der Waals surface area (Å²) in [6, 6.07) is 3.38. The van der Waals surface area contributed by atoms with Crippen LogP contribution in [0, 0.1) is 5.82 Å². The van der Waals surface area contributed by atoms with Gasteiger partial charge in [0.15, 0.2) is 11.5 Å². The van der Waals surface area contributed by atoms with Crippen LogP contribution in [0.15, 0.2) is 18.2 Å². The van der Waals surface area contributed by atoms with Gasteiger partial charge in [0, 0.05) is 24.2 Å². The first-order valence-corrected chi connectivity index (χ1v) is 6.37. The number of aromatic nitrogens is 2. The lowest BCUT2D eigenvalue weighted by Gasteiger charge is -2.12. The van der Waals surface area contributed by atoms with E-state index < -0.39 is 17.7 Å². The fourth-order valence-electron chi connectivity index (χ4n) is 2.19. The summed E-state index contributed by atoms with van der Waals surface area (Å²) in [7, 11) is 0. The molecule has 0 amide bonds. The normalized spacial score (nSPS) is 14.3. The number of rotatable bonds is 1. The van der Waals surface area contributed by atoms with Crippen molar-refractivity contribution in [2.45, 2.75) is 19.3 Å². The van der Waals surface area contributed by atoms with Crippen molar-refractivity contribution in [3.63, 3.8) is 0 Å². The SMILES string of the molecule is Fc1ccc(-c2nc3c(c(C(F)(F)F)n2)CNC3)c(Cl)c1. The van der Waals surface area contributed by atoms with Crippen LogP contribution < -0.4 is 5.32 Å². The number of nitrogens with one attached hydrogen (secondary N) is 1. The first-order valence-electron chi connectivity index (χ1n) is 5.99. The van der Waals surface area contributed by atoms with E-state index >= 15 is 0 Å². The number of halogens is 5. The van der Waals surface area contributed by atoms with Gasteiger partial charge in [-0.05, 0) is 18.2 Å². The zero-order valence-electron chi connectivity index (χ0n) is 10.4. The van der Waals surface area contributed by atoms with Crippen molar-refractivity contribution in [2.75, 3.05) is 0 Å². The highest BCUT2D eigenvalue weighted by molar-refractivity contribution is 6.33. The van der Waals surface area contributed by atoms with Crippen molar-refractivity contribution in [3.8, 4) is 11.4 Å². The van der Waals surface area contributed by atoms with Gasteiger partial charge < -0.3 is 5.32 Å². The van der Waals surface area contributed by atoms with Gasteiger partial charge in [0.25, 0.3) is 0 Å². The molecule has 0 radical (unpaired) electrons. The number of benzene rings is 1. The highest BCUT2D eigenvalue weighted by atomic mass is 35.5. The standard InChI is InChI=1S/C13H8ClF4N3/c14-9-3-6(15)1-2-7(9)12-20-10-5-19-4-8(10)11(21-12)13(16,17)18/h1-3,19H,4-5H2.